The van der Waals surface area contributed by atoms with Crippen molar-refractivity contribution in [3.05, 3.63) is 39.7 Å². The van der Waals surface area contributed by atoms with Crippen molar-refractivity contribution in [1.29, 1.82) is 0 Å². The molecule has 1 amide bonds. The van der Waals surface area contributed by atoms with E-state index in [-0.39, 0.29) is 12.2 Å². The van der Waals surface area contributed by atoms with Crippen LogP contribution in [-0.4, -0.2) is 29.6 Å². The van der Waals surface area contributed by atoms with E-state index in [2.05, 4.69) is 5.32 Å². The molecular weight excluding hydrogens is 350 g/mol. The number of hydrogen-bond donors (Lipinski definition) is 2. The molecule has 0 bridgehead atoms. The lowest BCUT2D eigenvalue weighted by atomic mass is 10.1. The van der Waals surface area contributed by atoms with Crippen LogP contribution >= 0.6 is 0 Å². The van der Waals surface area contributed by atoms with Crippen molar-refractivity contribution in [1.82, 2.24) is 5.32 Å². The molecule has 7 heteroatoms. The molecule has 1 unspecified atom stereocenters. The molecule has 0 radical (unpaired) electrons. The molecule has 144 valence electrons. The molecule has 3 rings (SSSR count). The van der Waals surface area contributed by atoms with Gasteiger partial charge in [-0.3, -0.25) is 4.79 Å². The minimum atomic E-state index is -1.06. The minimum Gasteiger partial charge on any atom is -0.484 e. The van der Waals surface area contributed by atoms with Gasteiger partial charge in [-0.05, 0) is 43.4 Å². The van der Waals surface area contributed by atoms with E-state index >= 15 is 0 Å². The maximum Gasteiger partial charge on any atom is 0.339 e. The number of unbranched alkanes of at least 4 members (excludes halogenated alkanes) is 1. The van der Waals surface area contributed by atoms with Crippen molar-refractivity contribution in [2.75, 3.05) is 6.61 Å². The highest BCUT2D eigenvalue weighted by atomic mass is 16.5. The van der Waals surface area contributed by atoms with Crippen LogP contribution in [0.5, 0.6) is 5.75 Å². The van der Waals surface area contributed by atoms with Crippen LogP contribution in [0.2, 0.25) is 0 Å². The van der Waals surface area contributed by atoms with E-state index in [0.29, 0.717) is 24.2 Å². The fourth-order valence-corrected chi connectivity index (χ4v) is 3.40. The number of nitrogens with one attached hydrogen (secondary N) is 1. The van der Waals surface area contributed by atoms with Crippen molar-refractivity contribution in [2.24, 2.45) is 0 Å². The molecule has 1 atom stereocenters. The smallest absolute Gasteiger partial charge is 0.339 e. The highest BCUT2D eigenvalue weighted by molar-refractivity contribution is 5.85. The first-order valence-corrected chi connectivity index (χ1v) is 9.23. The van der Waals surface area contributed by atoms with Crippen molar-refractivity contribution in [3.8, 4) is 5.75 Å². The number of carbonyl (C=O) groups excluding carboxylic acids is 1. The largest absolute Gasteiger partial charge is 0.484 e. The van der Waals surface area contributed by atoms with Gasteiger partial charge in [0.15, 0.2) is 6.61 Å². The second-order valence-corrected chi connectivity index (χ2v) is 6.75. The maximum atomic E-state index is 12.0. The van der Waals surface area contributed by atoms with Gasteiger partial charge in [0.2, 0.25) is 0 Å². The molecule has 1 aliphatic rings. The fraction of sp³-hybridized carbons (Fsp3) is 0.450. The number of hydrogen-bond acceptors (Lipinski definition) is 5. The van der Waals surface area contributed by atoms with Crippen LogP contribution in [0, 0.1) is 0 Å². The third-order valence-electron chi connectivity index (χ3n) is 4.79. The van der Waals surface area contributed by atoms with Crippen molar-refractivity contribution in [3.63, 3.8) is 0 Å². The lowest BCUT2D eigenvalue weighted by molar-refractivity contribution is -0.142. The molecule has 0 saturated carbocycles. The number of amides is 1. The number of carbonyl (C=O) groups is 2. The molecule has 0 aliphatic heterocycles. The summed E-state index contributed by atoms with van der Waals surface area (Å²) < 4.78 is 10.8. The third kappa shape index (κ3) is 4.30. The highest BCUT2D eigenvalue weighted by Gasteiger charge is 2.21. The third-order valence-corrected chi connectivity index (χ3v) is 4.79. The summed E-state index contributed by atoms with van der Waals surface area (Å²) in [6, 6.07) is 4.23. The van der Waals surface area contributed by atoms with E-state index in [1.165, 1.54) is 0 Å². The molecule has 27 heavy (non-hydrogen) atoms. The van der Waals surface area contributed by atoms with Gasteiger partial charge in [-0.15, -0.1) is 0 Å². The van der Waals surface area contributed by atoms with E-state index in [1.807, 2.05) is 13.0 Å². The summed E-state index contributed by atoms with van der Waals surface area (Å²) in [7, 11) is 0. The lowest BCUT2D eigenvalue weighted by Crippen LogP contribution is -2.42. The van der Waals surface area contributed by atoms with Crippen LogP contribution in [0.4, 0.5) is 0 Å². The Balaban J connectivity index is 1.66. The van der Waals surface area contributed by atoms with Gasteiger partial charge < -0.3 is 19.6 Å². The lowest BCUT2D eigenvalue weighted by Gasteiger charge is -2.14. The topological polar surface area (TPSA) is 106 Å². The van der Waals surface area contributed by atoms with E-state index in [1.54, 1.807) is 12.1 Å². The Morgan fingerprint density at radius 2 is 2.07 bits per heavy atom. The van der Waals surface area contributed by atoms with E-state index in [0.717, 1.165) is 42.2 Å². The number of carboxylic acids is 1. The first-order valence-electron chi connectivity index (χ1n) is 9.23. The SMILES string of the molecule is CCCCC(NC(=O)COc1ccc2c3c(c(=O)oc2c1)CCC3)C(=O)O. The number of aliphatic carboxylic acids is 1. The molecule has 0 spiro atoms. The standard InChI is InChI=1S/C20H23NO6/c1-2-3-7-16(19(23)24)21-18(22)11-26-12-8-9-14-13-5-4-6-15(13)20(25)27-17(14)10-12/h8-10,16H,2-7,11H2,1H3,(H,21,22)(H,23,24). The number of carboxylic acid groups (broad SMARTS) is 1. The zero-order valence-corrected chi connectivity index (χ0v) is 15.2. The summed E-state index contributed by atoms with van der Waals surface area (Å²) in [6.07, 6.45) is 4.49. The van der Waals surface area contributed by atoms with Crippen LogP contribution in [0.3, 0.4) is 0 Å². The molecule has 0 saturated heterocycles. The maximum absolute atomic E-state index is 12.0. The van der Waals surface area contributed by atoms with Gasteiger partial charge >= 0.3 is 11.6 Å². The average molecular weight is 373 g/mol. The summed E-state index contributed by atoms with van der Waals surface area (Å²) in [5, 5.41) is 12.5. The number of aryl methyl sites for hydroxylation is 1. The molecule has 2 N–H and O–H groups in total. The molecule has 1 heterocycles. The van der Waals surface area contributed by atoms with Gasteiger partial charge in [0.1, 0.15) is 17.4 Å². The van der Waals surface area contributed by atoms with E-state index in [9.17, 15) is 14.4 Å². The summed E-state index contributed by atoms with van der Waals surface area (Å²) in [5.74, 6) is -1.17. The van der Waals surface area contributed by atoms with Crippen LogP contribution in [-0.2, 0) is 22.4 Å². The fourth-order valence-electron chi connectivity index (χ4n) is 3.40. The monoisotopic (exact) mass is 373 g/mol. The molecule has 7 nitrogen and oxygen atoms in total. The Morgan fingerprint density at radius 1 is 1.30 bits per heavy atom. The summed E-state index contributed by atoms with van der Waals surface area (Å²) in [4.78, 5) is 35.2. The van der Waals surface area contributed by atoms with Gasteiger partial charge in [-0.2, -0.15) is 0 Å². The molecule has 1 aromatic heterocycles. The van der Waals surface area contributed by atoms with Crippen molar-refractivity contribution in [2.45, 2.75) is 51.5 Å². The van der Waals surface area contributed by atoms with Crippen LogP contribution < -0.4 is 15.7 Å². The second-order valence-electron chi connectivity index (χ2n) is 6.75. The molecule has 1 aliphatic carbocycles. The zero-order valence-electron chi connectivity index (χ0n) is 15.2. The molecule has 2 aromatic rings. The molecule has 0 fully saturated rings. The van der Waals surface area contributed by atoms with Crippen molar-refractivity contribution < 1.29 is 23.8 Å². The normalized spacial score (nSPS) is 14.0. The number of fused-ring (bicyclic) bond motifs is 3. The Hall–Kier alpha value is -2.83. The predicted molar refractivity (Wildman–Crippen MR) is 99.1 cm³/mol. The number of benzene rings is 1. The summed E-state index contributed by atoms with van der Waals surface area (Å²) in [6.45, 7) is 1.65. The Bertz CT molecular complexity index is 917. The van der Waals surface area contributed by atoms with Crippen LogP contribution in [0.15, 0.2) is 27.4 Å². The first-order chi connectivity index (χ1) is 13.0. The first kappa shape index (κ1) is 18.9. The highest BCUT2D eigenvalue weighted by Crippen LogP contribution is 2.29. The predicted octanol–water partition coefficient (Wildman–Crippen LogP) is 2.42. The molecular formula is C20H23NO6. The van der Waals surface area contributed by atoms with Gasteiger partial charge in [-0.25, -0.2) is 9.59 Å². The quantitative estimate of drug-likeness (QED) is 0.689. The Labute approximate surface area is 156 Å². The molecule has 1 aromatic carbocycles. The van der Waals surface area contributed by atoms with E-state index in [4.69, 9.17) is 14.3 Å². The van der Waals surface area contributed by atoms with Gasteiger partial charge in [0, 0.05) is 17.0 Å². The van der Waals surface area contributed by atoms with Gasteiger partial charge in [0.25, 0.3) is 5.91 Å². The van der Waals surface area contributed by atoms with Gasteiger partial charge in [-0.1, -0.05) is 19.8 Å². The average Bonchev–Trinajstić information content (AvgIpc) is 3.13. The number of rotatable bonds is 8. The van der Waals surface area contributed by atoms with E-state index < -0.39 is 17.9 Å². The summed E-state index contributed by atoms with van der Waals surface area (Å²) in [5.41, 5.74) is 1.91. The summed E-state index contributed by atoms with van der Waals surface area (Å²) >= 11 is 0. The Kier molecular flexibility index (Phi) is 5.78. The van der Waals surface area contributed by atoms with Gasteiger partial charge in [0.05, 0.1) is 0 Å². The number of ether oxygens (including phenoxy) is 1. The minimum absolute atomic E-state index is 0.309. The Morgan fingerprint density at radius 3 is 2.81 bits per heavy atom. The second kappa shape index (κ2) is 8.24. The van der Waals surface area contributed by atoms with Crippen molar-refractivity contribution >= 4 is 22.8 Å². The van der Waals surface area contributed by atoms with Crippen LogP contribution in [0.1, 0.15) is 43.7 Å². The zero-order chi connectivity index (χ0) is 19.4. The van der Waals surface area contributed by atoms with Crippen LogP contribution in [0.25, 0.3) is 11.0 Å².